The van der Waals surface area contributed by atoms with Crippen LogP contribution in [0, 0.1) is 5.92 Å². The van der Waals surface area contributed by atoms with E-state index in [9.17, 15) is 13.2 Å². The number of halogens is 3. The lowest BCUT2D eigenvalue weighted by atomic mass is 9.94. The molecule has 0 aromatic heterocycles. The van der Waals surface area contributed by atoms with Gasteiger partial charge in [-0.05, 0) is 58.7 Å². The van der Waals surface area contributed by atoms with Crippen LogP contribution in [0.5, 0.6) is 0 Å². The molecule has 0 radical (unpaired) electrons. The summed E-state index contributed by atoms with van der Waals surface area (Å²) in [7, 11) is 2.16. The second kappa shape index (κ2) is 9.62. The third-order valence-electron chi connectivity index (χ3n) is 5.01. The number of rotatable bonds is 6. The molecule has 2 N–H and O–H groups in total. The Kier molecular flexibility index (Phi) is 7.81. The van der Waals surface area contributed by atoms with E-state index in [1.807, 2.05) is 6.92 Å². The number of likely N-dealkylation sites (tertiary alicyclic amines) is 2. The minimum Gasteiger partial charge on any atom is -0.357 e. The predicted molar refractivity (Wildman–Crippen MR) is 94.9 cm³/mol. The molecule has 0 amide bonds. The molecule has 1 atom stereocenters. The Morgan fingerprint density at radius 2 is 1.88 bits per heavy atom. The number of nitrogens with one attached hydrogen (secondary N) is 2. The average Bonchev–Trinajstić information content (AvgIpc) is 2.94. The van der Waals surface area contributed by atoms with Gasteiger partial charge in [0.05, 0.1) is 6.54 Å². The highest BCUT2D eigenvalue weighted by Gasteiger charge is 2.34. The van der Waals surface area contributed by atoms with E-state index in [4.69, 9.17) is 0 Å². The lowest BCUT2D eigenvalue weighted by molar-refractivity contribution is -0.143. The Bertz CT molecular complexity index is 419. The van der Waals surface area contributed by atoms with E-state index in [-0.39, 0.29) is 6.04 Å². The minimum absolute atomic E-state index is 0.0310. The van der Waals surface area contributed by atoms with Crippen molar-refractivity contribution in [2.75, 3.05) is 52.9 Å². The topological polar surface area (TPSA) is 42.9 Å². The van der Waals surface area contributed by atoms with Gasteiger partial charge in [0, 0.05) is 32.2 Å². The van der Waals surface area contributed by atoms with Crippen molar-refractivity contribution < 1.29 is 13.2 Å². The maximum Gasteiger partial charge on any atom is 0.401 e. The van der Waals surface area contributed by atoms with Crippen molar-refractivity contribution in [2.45, 2.75) is 44.8 Å². The number of hydrogen-bond acceptors (Lipinski definition) is 3. The van der Waals surface area contributed by atoms with Gasteiger partial charge in [0.25, 0.3) is 0 Å². The molecule has 0 bridgehead atoms. The molecule has 146 valence electrons. The van der Waals surface area contributed by atoms with E-state index in [0.29, 0.717) is 13.1 Å². The third-order valence-corrected chi connectivity index (χ3v) is 5.01. The van der Waals surface area contributed by atoms with Gasteiger partial charge < -0.3 is 15.5 Å². The highest BCUT2D eigenvalue weighted by molar-refractivity contribution is 5.80. The van der Waals surface area contributed by atoms with Gasteiger partial charge in [-0.15, -0.1) is 0 Å². The largest absolute Gasteiger partial charge is 0.401 e. The standard InChI is InChI=1S/C17H32F3N5/c1-3-21-16(22-8-4-14-5-9-24(2)10-6-14)23-15-7-11-25(12-15)13-17(18,19)20/h14-15H,3-13H2,1-2H3,(H2,21,22,23). The summed E-state index contributed by atoms with van der Waals surface area (Å²) in [5.74, 6) is 1.46. The summed E-state index contributed by atoms with van der Waals surface area (Å²) >= 11 is 0. The molecule has 2 aliphatic heterocycles. The van der Waals surface area contributed by atoms with Gasteiger partial charge >= 0.3 is 6.18 Å². The van der Waals surface area contributed by atoms with Crippen LogP contribution in [0.1, 0.15) is 32.6 Å². The van der Waals surface area contributed by atoms with Crippen LogP contribution >= 0.6 is 0 Å². The third kappa shape index (κ3) is 7.81. The van der Waals surface area contributed by atoms with Crippen molar-refractivity contribution in [3.63, 3.8) is 0 Å². The molecule has 1 unspecified atom stereocenters. The van der Waals surface area contributed by atoms with Crippen LogP contribution in [0.2, 0.25) is 0 Å². The highest BCUT2D eigenvalue weighted by atomic mass is 19.4. The van der Waals surface area contributed by atoms with E-state index in [0.717, 1.165) is 50.9 Å². The molecule has 2 saturated heterocycles. The van der Waals surface area contributed by atoms with E-state index in [2.05, 4.69) is 27.6 Å². The van der Waals surface area contributed by atoms with Crippen LogP contribution < -0.4 is 10.6 Å². The molecule has 2 aliphatic rings. The molecule has 8 heteroatoms. The van der Waals surface area contributed by atoms with E-state index >= 15 is 0 Å². The molecule has 0 spiro atoms. The molecular formula is C17H32F3N5. The van der Waals surface area contributed by atoms with Gasteiger partial charge in [0.1, 0.15) is 0 Å². The van der Waals surface area contributed by atoms with Crippen LogP contribution in [0.4, 0.5) is 13.2 Å². The first-order valence-electron chi connectivity index (χ1n) is 9.38. The molecule has 2 rings (SSSR count). The van der Waals surface area contributed by atoms with Crippen molar-refractivity contribution >= 4 is 5.96 Å². The molecular weight excluding hydrogens is 331 g/mol. The van der Waals surface area contributed by atoms with Crippen LogP contribution in [-0.4, -0.2) is 80.8 Å². The van der Waals surface area contributed by atoms with Gasteiger partial charge in [-0.25, -0.2) is 0 Å². The van der Waals surface area contributed by atoms with Crippen molar-refractivity contribution in [2.24, 2.45) is 10.9 Å². The maximum absolute atomic E-state index is 12.5. The van der Waals surface area contributed by atoms with E-state index in [1.54, 1.807) is 0 Å². The number of aliphatic imine (C=N–C) groups is 1. The summed E-state index contributed by atoms with van der Waals surface area (Å²) in [6.45, 7) is 5.90. The van der Waals surface area contributed by atoms with Gasteiger partial charge in [0.15, 0.2) is 5.96 Å². The van der Waals surface area contributed by atoms with Crippen LogP contribution in [0.3, 0.4) is 0 Å². The zero-order valence-corrected chi connectivity index (χ0v) is 15.4. The monoisotopic (exact) mass is 363 g/mol. The van der Waals surface area contributed by atoms with Crippen LogP contribution in [-0.2, 0) is 0 Å². The van der Waals surface area contributed by atoms with Gasteiger partial charge in [-0.2, -0.15) is 13.2 Å². The number of piperidine rings is 1. The summed E-state index contributed by atoms with van der Waals surface area (Å²) in [6.07, 6.45) is 0.127. The van der Waals surface area contributed by atoms with Crippen LogP contribution in [0.25, 0.3) is 0 Å². The fraction of sp³-hybridized carbons (Fsp3) is 0.941. The predicted octanol–water partition coefficient (Wildman–Crippen LogP) is 1.91. The zero-order valence-electron chi connectivity index (χ0n) is 15.4. The second-order valence-corrected chi connectivity index (χ2v) is 7.28. The van der Waals surface area contributed by atoms with Crippen molar-refractivity contribution in [3.05, 3.63) is 0 Å². The fourth-order valence-corrected chi connectivity index (χ4v) is 3.57. The smallest absolute Gasteiger partial charge is 0.357 e. The molecule has 2 heterocycles. The van der Waals surface area contributed by atoms with E-state index < -0.39 is 12.7 Å². The first-order valence-corrected chi connectivity index (χ1v) is 9.38. The summed E-state index contributed by atoms with van der Waals surface area (Å²) < 4.78 is 37.5. The Labute approximate surface area is 149 Å². The summed E-state index contributed by atoms with van der Waals surface area (Å²) in [5, 5.41) is 6.51. The molecule has 2 fully saturated rings. The first-order chi connectivity index (χ1) is 11.9. The Hall–Kier alpha value is -1.02. The normalized spacial score (nSPS) is 24.7. The van der Waals surface area contributed by atoms with Gasteiger partial charge in [0.2, 0.25) is 0 Å². The van der Waals surface area contributed by atoms with Gasteiger partial charge in [-0.3, -0.25) is 9.89 Å². The van der Waals surface area contributed by atoms with E-state index in [1.165, 1.54) is 17.7 Å². The second-order valence-electron chi connectivity index (χ2n) is 7.28. The first kappa shape index (κ1) is 20.3. The quantitative estimate of drug-likeness (QED) is 0.559. The Balaban J connectivity index is 1.74. The number of nitrogens with zero attached hydrogens (tertiary/aromatic N) is 3. The summed E-state index contributed by atoms with van der Waals surface area (Å²) in [5.41, 5.74) is 0. The van der Waals surface area contributed by atoms with Crippen molar-refractivity contribution in [1.82, 2.24) is 20.4 Å². The maximum atomic E-state index is 12.5. The molecule has 5 nitrogen and oxygen atoms in total. The molecule has 0 saturated carbocycles. The highest BCUT2D eigenvalue weighted by Crippen LogP contribution is 2.20. The lowest BCUT2D eigenvalue weighted by Crippen LogP contribution is -2.45. The number of hydrogen-bond donors (Lipinski definition) is 2. The van der Waals surface area contributed by atoms with Crippen molar-refractivity contribution in [1.29, 1.82) is 0 Å². The molecule has 0 aromatic rings. The molecule has 25 heavy (non-hydrogen) atoms. The fourth-order valence-electron chi connectivity index (χ4n) is 3.57. The Morgan fingerprint density at radius 1 is 1.16 bits per heavy atom. The Morgan fingerprint density at radius 3 is 2.52 bits per heavy atom. The SMILES string of the molecule is CCNC(=NCCC1CCN(C)CC1)NC1CCN(CC(F)(F)F)C1. The van der Waals surface area contributed by atoms with Crippen molar-refractivity contribution in [3.8, 4) is 0 Å². The average molecular weight is 363 g/mol. The minimum atomic E-state index is -4.12. The summed E-state index contributed by atoms with van der Waals surface area (Å²) in [4.78, 5) is 8.45. The summed E-state index contributed by atoms with van der Waals surface area (Å²) in [6, 6.07) is 0.0310. The number of alkyl halides is 3. The zero-order chi connectivity index (χ0) is 18.3. The lowest BCUT2D eigenvalue weighted by Gasteiger charge is -2.28. The molecule has 0 aromatic carbocycles. The van der Waals surface area contributed by atoms with Gasteiger partial charge in [-0.1, -0.05) is 0 Å². The molecule has 0 aliphatic carbocycles. The van der Waals surface area contributed by atoms with Crippen LogP contribution in [0.15, 0.2) is 4.99 Å². The number of guanidine groups is 1.